The van der Waals surface area contributed by atoms with Crippen LogP contribution in [0.3, 0.4) is 0 Å². The minimum atomic E-state index is 0. The summed E-state index contributed by atoms with van der Waals surface area (Å²) in [6.07, 6.45) is 5.09. The van der Waals surface area contributed by atoms with Gasteiger partial charge in [0, 0.05) is 17.5 Å². The van der Waals surface area contributed by atoms with Crippen molar-refractivity contribution in [3.63, 3.8) is 0 Å². The number of benzene rings is 3. The molecule has 1 aliphatic rings. The lowest BCUT2D eigenvalue weighted by Crippen LogP contribution is -2.42. The molecule has 154 valence electrons. The van der Waals surface area contributed by atoms with Gasteiger partial charge in [0.2, 0.25) is 0 Å². The number of fused-ring (bicyclic) bond motifs is 2. The zero-order valence-corrected chi connectivity index (χ0v) is 17.8. The summed E-state index contributed by atoms with van der Waals surface area (Å²) in [6, 6.07) is 21.4. The summed E-state index contributed by atoms with van der Waals surface area (Å²) in [4.78, 5) is 0. The highest BCUT2D eigenvalue weighted by Gasteiger charge is 2.22. The predicted octanol–water partition coefficient (Wildman–Crippen LogP) is 5.66. The van der Waals surface area contributed by atoms with Crippen LogP contribution in [-0.4, -0.2) is 23.8 Å². The Kier molecular flexibility index (Phi) is 7.40. The molecule has 3 aromatic carbocycles. The average Bonchev–Trinajstić information content (AvgIpc) is 2.73. The molecule has 2 N–H and O–H groups in total. The first-order chi connectivity index (χ1) is 13.7. The number of phenols is 1. The number of aromatic hydroxyl groups is 1. The molecule has 0 saturated heterocycles. The maximum atomic E-state index is 10.0. The lowest BCUT2D eigenvalue weighted by atomic mass is 9.87. The zero-order valence-electron chi connectivity index (χ0n) is 16.9. The first-order valence-electron chi connectivity index (χ1n) is 10.4. The summed E-state index contributed by atoms with van der Waals surface area (Å²) in [5.74, 6) is 1.42. The maximum Gasteiger partial charge on any atom is 0.127 e. The Labute approximate surface area is 179 Å². The second-order valence-electron chi connectivity index (χ2n) is 7.74. The van der Waals surface area contributed by atoms with Crippen LogP contribution >= 0.6 is 12.4 Å². The van der Waals surface area contributed by atoms with Gasteiger partial charge in [0.1, 0.15) is 11.5 Å². The number of hydrogen-bond donors (Lipinski definition) is 2. The van der Waals surface area contributed by atoms with Gasteiger partial charge in [0.15, 0.2) is 0 Å². The molecule has 29 heavy (non-hydrogen) atoms. The molecule has 0 radical (unpaired) electrons. The topological polar surface area (TPSA) is 41.5 Å². The van der Waals surface area contributed by atoms with Crippen LogP contribution in [-0.2, 0) is 12.8 Å². The number of ether oxygens (including phenoxy) is 1. The normalized spacial score (nSPS) is 16.7. The van der Waals surface area contributed by atoms with Gasteiger partial charge in [-0.1, -0.05) is 55.5 Å². The van der Waals surface area contributed by atoms with Gasteiger partial charge in [-0.15, -0.1) is 12.4 Å². The lowest BCUT2D eigenvalue weighted by Gasteiger charge is -2.30. The van der Waals surface area contributed by atoms with E-state index in [1.165, 1.54) is 16.3 Å². The van der Waals surface area contributed by atoms with E-state index in [1.807, 2.05) is 6.07 Å². The number of hydrogen-bond acceptors (Lipinski definition) is 3. The summed E-state index contributed by atoms with van der Waals surface area (Å²) < 4.78 is 6.14. The Morgan fingerprint density at radius 2 is 1.86 bits per heavy atom. The van der Waals surface area contributed by atoms with Crippen LogP contribution in [0.5, 0.6) is 11.5 Å². The second kappa shape index (κ2) is 10.00. The van der Waals surface area contributed by atoms with E-state index in [2.05, 4.69) is 60.8 Å². The first kappa shape index (κ1) is 21.5. The quantitative estimate of drug-likeness (QED) is 0.527. The van der Waals surface area contributed by atoms with Crippen LogP contribution in [0.25, 0.3) is 10.8 Å². The van der Waals surface area contributed by atoms with Gasteiger partial charge in [-0.2, -0.15) is 0 Å². The highest BCUT2D eigenvalue weighted by Crippen LogP contribution is 2.29. The third-order valence-corrected chi connectivity index (χ3v) is 5.90. The van der Waals surface area contributed by atoms with E-state index in [0.29, 0.717) is 24.4 Å². The van der Waals surface area contributed by atoms with Crippen molar-refractivity contribution in [3.8, 4) is 11.5 Å². The van der Waals surface area contributed by atoms with Gasteiger partial charge in [0.05, 0.1) is 6.61 Å². The highest BCUT2D eigenvalue weighted by atomic mass is 35.5. The molecule has 0 spiro atoms. The molecule has 2 atom stereocenters. The minimum Gasteiger partial charge on any atom is -0.508 e. The van der Waals surface area contributed by atoms with E-state index in [1.54, 1.807) is 6.07 Å². The first-order valence-corrected chi connectivity index (χ1v) is 10.4. The number of halogens is 1. The van der Waals surface area contributed by atoms with E-state index in [9.17, 15) is 5.11 Å². The SMILES string of the molecule is CCC(CCOc1cccc2ccccc12)NC1CCc2c(O)cccc2C1.Cl. The Morgan fingerprint density at radius 3 is 2.72 bits per heavy atom. The number of phenolic OH excluding ortho intramolecular Hbond substituents is 1. The average molecular weight is 412 g/mol. The van der Waals surface area contributed by atoms with Crippen LogP contribution in [0, 0.1) is 0 Å². The van der Waals surface area contributed by atoms with Crippen LogP contribution < -0.4 is 10.1 Å². The molecule has 4 heteroatoms. The van der Waals surface area contributed by atoms with E-state index < -0.39 is 0 Å². The lowest BCUT2D eigenvalue weighted by molar-refractivity contribution is 0.271. The number of rotatable bonds is 7. The standard InChI is InChI=1S/C25H29NO2.ClH/c1-2-20(26-21-13-14-22-19(17-21)9-5-11-24(22)27)15-16-28-25-12-6-8-18-7-3-4-10-23(18)25;/h3-12,20-21,26-27H,2,13-17H2,1H3;1H. The summed E-state index contributed by atoms with van der Waals surface area (Å²) in [5, 5.41) is 16.3. The van der Waals surface area contributed by atoms with Gasteiger partial charge in [-0.25, -0.2) is 0 Å². The molecule has 3 aromatic rings. The third-order valence-electron chi connectivity index (χ3n) is 5.90. The van der Waals surface area contributed by atoms with Crippen molar-refractivity contribution in [1.82, 2.24) is 5.32 Å². The van der Waals surface area contributed by atoms with Gasteiger partial charge in [0.25, 0.3) is 0 Å². The van der Waals surface area contributed by atoms with E-state index in [-0.39, 0.29) is 12.4 Å². The summed E-state index contributed by atoms with van der Waals surface area (Å²) in [5.41, 5.74) is 2.42. The smallest absolute Gasteiger partial charge is 0.127 e. The minimum absolute atomic E-state index is 0. The predicted molar refractivity (Wildman–Crippen MR) is 122 cm³/mol. The van der Waals surface area contributed by atoms with E-state index in [4.69, 9.17) is 4.74 Å². The highest BCUT2D eigenvalue weighted by molar-refractivity contribution is 5.88. The van der Waals surface area contributed by atoms with Crippen LogP contribution in [0.15, 0.2) is 60.7 Å². The molecule has 0 aromatic heterocycles. The zero-order chi connectivity index (χ0) is 19.3. The maximum absolute atomic E-state index is 10.0. The summed E-state index contributed by atoms with van der Waals surface area (Å²) >= 11 is 0. The van der Waals surface area contributed by atoms with E-state index >= 15 is 0 Å². The van der Waals surface area contributed by atoms with Crippen molar-refractivity contribution < 1.29 is 9.84 Å². The summed E-state index contributed by atoms with van der Waals surface area (Å²) in [7, 11) is 0. The molecule has 0 aliphatic heterocycles. The third kappa shape index (κ3) is 5.04. The molecule has 1 aliphatic carbocycles. The van der Waals surface area contributed by atoms with Crippen molar-refractivity contribution in [2.75, 3.05) is 6.61 Å². The van der Waals surface area contributed by atoms with Crippen LogP contribution in [0.4, 0.5) is 0 Å². The van der Waals surface area contributed by atoms with E-state index in [0.717, 1.165) is 43.4 Å². The molecule has 0 fully saturated rings. The Morgan fingerprint density at radius 1 is 1.07 bits per heavy atom. The van der Waals surface area contributed by atoms with Crippen LogP contribution in [0.2, 0.25) is 0 Å². The fourth-order valence-electron chi connectivity index (χ4n) is 4.30. The molecular formula is C25H30ClNO2. The van der Waals surface area contributed by atoms with Crippen molar-refractivity contribution in [1.29, 1.82) is 0 Å². The fourth-order valence-corrected chi connectivity index (χ4v) is 4.30. The number of nitrogens with one attached hydrogen (secondary N) is 1. The van der Waals surface area contributed by atoms with Crippen molar-refractivity contribution >= 4 is 23.2 Å². The Bertz CT molecular complexity index is 938. The largest absolute Gasteiger partial charge is 0.508 e. The van der Waals surface area contributed by atoms with Crippen molar-refractivity contribution in [2.24, 2.45) is 0 Å². The molecule has 2 unspecified atom stereocenters. The molecule has 3 nitrogen and oxygen atoms in total. The Balaban J connectivity index is 0.00000240. The van der Waals surface area contributed by atoms with Crippen molar-refractivity contribution in [3.05, 3.63) is 71.8 Å². The molecule has 4 rings (SSSR count). The van der Waals surface area contributed by atoms with Gasteiger partial charge >= 0.3 is 0 Å². The van der Waals surface area contributed by atoms with Crippen LogP contribution in [0.1, 0.15) is 37.3 Å². The monoisotopic (exact) mass is 411 g/mol. The Hall–Kier alpha value is -2.23. The van der Waals surface area contributed by atoms with Gasteiger partial charge < -0.3 is 15.2 Å². The molecule has 0 heterocycles. The van der Waals surface area contributed by atoms with Gasteiger partial charge in [-0.05, 0) is 60.7 Å². The molecule has 0 bridgehead atoms. The molecule has 0 saturated carbocycles. The second-order valence-corrected chi connectivity index (χ2v) is 7.74. The van der Waals surface area contributed by atoms with Gasteiger partial charge in [-0.3, -0.25) is 0 Å². The molecule has 0 amide bonds. The summed E-state index contributed by atoms with van der Waals surface area (Å²) in [6.45, 7) is 2.95. The molecular weight excluding hydrogens is 382 g/mol. The fraction of sp³-hybridized carbons (Fsp3) is 0.360. The van der Waals surface area contributed by atoms with Crippen molar-refractivity contribution in [2.45, 2.75) is 51.1 Å².